The number of carbonyl (C=O) groups excluding carboxylic acids is 1. The fourth-order valence-corrected chi connectivity index (χ4v) is 3.97. The zero-order valence-corrected chi connectivity index (χ0v) is 17.9. The summed E-state index contributed by atoms with van der Waals surface area (Å²) in [5, 5.41) is 10.6. The van der Waals surface area contributed by atoms with Gasteiger partial charge in [-0.25, -0.2) is 9.67 Å². The van der Waals surface area contributed by atoms with Gasteiger partial charge in [0.1, 0.15) is 0 Å². The van der Waals surface area contributed by atoms with Crippen LogP contribution in [0.3, 0.4) is 0 Å². The maximum Gasteiger partial charge on any atom is 0.278 e. The SMILES string of the molecule is CCc1ccc(-c2csc(NC(=O)c3nn(C(C)C)c(=O)c4ccccc34)n2)cc1. The Morgan fingerprint density at radius 1 is 1.10 bits per heavy atom. The molecule has 152 valence electrons. The Hall–Kier alpha value is -3.32. The van der Waals surface area contributed by atoms with Gasteiger partial charge in [0.15, 0.2) is 10.8 Å². The van der Waals surface area contributed by atoms with Crippen molar-refractivity contribution in [3.63, 3.8) is 0 Å². The number of aryl methyl sites for hydroxylation is 1. The number of fused-ring (bicyclic) bond motifs is 1. The maximum absolute atomic E-state index is 13.0. The highest BCUT2D eigenvalue weighted by molar-refractivity contribution is 7.14. The second-order valence-electron chi connectivity index (χ2n) is 7.28. The first kappa shape index (κ1) is 20.0. The minimum atomic E-state index is -0.386. The van der Waals surface area contributed by atoms with Crippen LogP contribution in [-0.2, 0) is 6.42 Å². The lowest BCUT2D eigenvalue weighted by atomic mass is 10.1. The van der Waals surface area contributed by atoms with Crippen LogP contribution in [0.2, 0.25) is 0 Å². The number of anilines is 1. The van der Waals surface area contributed by atoms with Crippen LogP contribution in [0, 0.1) is 0 Å². The molecule has 0 atom stereocenters. The van der Waals surface area contributed by atoms with Crippen molar-refractivity contribution in [2.75, 3.05) is 5.32 Å². The highest BCUT2D eigenvalue weighted by Crippen LogP contribution is 2.26. The molecule has 6 nitrogen and oxygen atoms in total. The van der Waals surface area contributed by atoms with Gasteiger partial charge in [0, 0.05) is 16.3 Å². The summed E-state index contributed by atoms with van der Waals surface area (Å²) in [6.07, 6.45) is 0.984. The van der Waals surface area contributed by atoms with Crippen LogP contribution in [0.1, 0.15) is 42.9 Å². The summed E-state index contributed by atoms with van der Waals surface area (Å²) in [5.74, 6) is -0.386. The van der Waals surface area contributed by atoms with E-state index >= 15 is 0 Å². The summed E-state index contributed by atoms with van der Waals surface area (Å²) in [4.78, 5) is 30.2. The standard InChI is InChI=1S/C23H22N4O2S/c1-4-15-9-11-16(12-10-15)19-13-30-23(24-19)25-21(28)20-17-7-5-6-8-18(17)22(29)27(26-20)14(2)3/h5-14H,4H2,1-3H3,(H,24,25,28). The van der Waals surface area contributed by atoms with E-state index in [1.165, 1.54) is 21.6 Å². The van der Waals surface area contributed by atoms with E-state index in [-0.39, 0.29) is 23.2 Å². The van der Waals surface area contributed by atoms with Crippen molar-refractivity contribution in [3.05, 3.63) is 75.5 Å². The van der Waals surface area contributed by atoms with Crippen molar-refractivity contribution in [2.45, 2.75) is 33.2 Å². The molecule has 0 fully saturated rings. The predicted octanol–water partition coefficient (Wildman–Crippen LogP) is 4.92. The van der Waals surface area contributed by atoms with E-state index < -0.39 is 0 Å². The Morgan fingerprint density at radius 2 is 1.80 bits per heavy atom. The Balaban J connectivity index is 1.66. The van der Waals surface area contributed by atoms with Crippen molar-refractivity contribution in [3.8, 4) is 11.3 Å². The van der Waals surface area contributed by atoms with E-state index in [0.29, 0.717) is 15.9 Å². The summed E-state index contributed by atoms with van der Waals surface area (Å²) in [5.41, 5.74) is 3.08. The second-order valence-corrected chi connectivity index (χ2v) is 8.14. The molecular weight excluding hydrogens is 396 g/mol. The van der Waals surface area contributed by atoms with E-state index in [1.807, 2.05) is 31.4 Å². The molecule has 4 aromatic rings. The Kier molecular flexibility index (Phi) is 5.46. The van der Waals surface area contributed by atoms with Crippen LogP contribution >= 0.6 is 11.3 Å². The van der Waals surface area contributed by atoms with E-state index in [2.05, 4.69) is 34.5 Å². The van der Waals surface area contributed by atoms with Gasteiger partial charge < -0.3 is 0 Å². The quantitative estimate of drug-likeness (QED) is 0.499. The molecule has 0 saturated heterocycles. The number of nitrogens with zero attached hydrogens (tertiary/aromatic N) is 3. The molecule has 0 aliphatic heterocycles. The second kappa shape index (κ2) is 8.20. The maximum atomic E-state index is 13.0. The highest BCUT2D eigenvalue weighted by Gasteiger charge is 2.19. The molecule has 0 radical (unpaired) electrons. The topological polar surface area (TPSA) is 76.9 Å². The number of aromatic nitrogens is 3. The molecule has 1 amide bonds. The largest absolute Gasteiger partial charge is 0.296 e. The van der Waals surface area contributed by atoms with Crippen molar-refractivity contribution in [1.82, 2.24) is 14.8 Å². The van der Waals surface area contributed by atoms with Gasteiger partial charge in [0.05, 0.1) is 17.1 Å². The van der Waals surface area contributed by atoms with Gasteiger partial charge >= 0.3 is 0 Å². The van der Waals surface area contributed by atoms with Gasteiger partial charge in [-0.3, -0.25) is 14.9 Å². The summed E-state index contributed by atoms with van der Waals surface area (Å²) in [6, 6.07) is 15.1. The number of benzene rings is 2. The Bertz CT molecular complexity index is 1270. The first-order valence-electron chi connectivity index (χ1n) is 9.85. The van der Waals surface area contributed by atoms with E-state index in [9.17, 15) is 9.59 Å². The number of amides is 1. The van der Waals surface area contributed by atoms with Crippen molar-refractivity contribution >= 4 is 33.1 Å². The van der Waals surface area contributed by atoms with Crippen molar-refractivity contribution < 1.29 is 4.79 Å². The fourth-order valence-electron chi connectivity index (χ4n) is 3.26. The minimum Gasteiger partial charge on any atom is -0.296 e. The van der Waals surface area contributed by atoms with Gasteiger partial charge in [-0.1, -0.05) is 49.4 Å². The average Bonchev–Trinajstić information content (AvgIpc) is 3.22. The number of thiazole rings is 1. The molecule has 0 saturated carbocycles. The van der Waals surface area contributed by atoms with Crippen molar-refractivity contribution in [2.24, 2.45) is 0 Å². The number of nitrogens with one attached hydrogen (secondary N) is 1. The third-order valence-corrected chi connectivity index (χ3v) is 5.67. The lowest BCUT2D eigenvalue weighted by molar-refractivity contribution is 0.102. The van der Waals surface area contributed by atoms with Gasteiger partial charge in [-0.15, -0.1) is 11.3 Å². The van der Waals surface area contributed by atoms with E-state index in [1.54, 1.807) is 24.3 Å². The molecule has 0 aliphatic carbocycles. The van der Waals surface area contributed by atoms with Crippen LogP contribution in [0.15, 0.2) is 58.7 Å². The summed E-state index contributed by atoms with van der Waals surface area (Å²) >= 11 is 1.36. The molecule has 7 heteroatoms. The van der Waals surface area contributed by atoms with Crippen molar-refractivity contribution in [1.29, 1.82) is 0 Å². The molecule has 0 unspecified atom stereocenters. The number of hydrogen-bond acceptors (Lipinski definition) is 5. The van der Waals surface area contributed by atoms with Gasteiger partial charge in [-0.2, -0.15) is 5.10 Å². The minimum absolute atomic E-state index is 0.161. The molecule has 0 bridgehead atoms. The third kappa shape index (κ3) is 3.76. The lowest BCUT2D eigenvalue weighted by Crippen LogP contribution is -2.28. The Morgan fingerprint density at radius 3 is 2.47 bits per heavy atom. The number of hydrogen-bond donors (Lipinski definition) is 1. The fraction of sp³-hybridized carbons (Fsp3) is 0.217. The predicted molar refractivity (Wildman–Crippen MR) is 121 cm³/mol. The average molecular weight is 419 g/mol. The first-order valence-corrected chi connectivity index (χ1v) is 10.7. The molecule has 30 heavy (non-hydrogen) atoms. The van der Waals surface area contributed by atoms with E-state index in [4.69, 9.17) is 0 Å². The van der Waals surface area contributed by atoms with Gasteiger partial charge in [0.25, 0.3) is 11.5 Å². The molecular formula is C23H22N4O2S. The van der Waals surface area contributed by atoms with Gasteiger partial charge in [-0.05, 0) is 31.9 Å². The van der Waals surface area contributed by atoms with Crippen LogP contribution in [0.25, 0.3) is 22.0 Å². The van der Waals surface area contributed by atoms with Crippen LogP contribution in [0.4, 0.5) is 5.13 Å². The summed E-state index contributed by atoms with van der Waals surface area (Å²) < 4.78 is 1.35. The summed E-state index contributed by atoms with van der Waals surface area (Å²) in [6.45, 7) is 5.84. The zero-order chi connectivity index (χ0) is 21.3. The lowest BCUT2D eigenvalue weighted by Gasteiger charge is -2.12. The van der Waals surface area contributed by atoms with Crippen LogP contribution in [0.5, 0.6) is 0 Å². The molecule has 0 aliphatic rings. The zero-order valence-electron chi connectivity index (χ0n) is 17.0. The van der Waals surface area contributed by atoms with E-state index in [0.717, 1.165) is 17.7 Å². The third-order valence-electron chi connectivity index (χ3n) is 4.92. The summed E-state index contributed by atoms with van der Waals surface area (Å²) in [7, 11) is 0. The Labute approximate surface area is 178 Å². The highest BCUT2D eigenvalue weighted by atomic mass is 32.1. The molecule has 2 heterocycles. The monoisotopic (exact) mass is 418 g/mol. The molecule has 2 aromatic carbocycles. The normalized spacial score (nSPS) is 11.2. The number of carbonyl (C=O) groups is 1. The molecule has 2 aromatic heterocycles. The first-order chi connectivity index (χ1) is 14.5. The number of rotatable bonds is 5. The molecule has 0 spiro atoms. The molecule has 4 rings (SSSR count). The van der Waals surface area contributed by atoms with Crippen LogP contribution < -0.4 is 10.9 Å². The van der Waals surface area contributed by atoms with Gasteiger partial charge in [0.2, 0.25) is 0 Å². The van der Waals surface area contributed by atoms with Crippen LogP contribution in [-0.4, -0.2) is 20.7 Å². The molecule has 1 N–H and O–H groups in total. The smallest absolute Gasteiger partial charge is 0.278 e.